The first-order valence-electron chi connectivity index (χ1n) is 4.84. The maximum Gasteiger partial charge on any atom is 0.341 e. The number of methoxy groups -OCH3 is 1. The van der Waals surface area contributed by atoms with Gasteiger partial charge in [0.25, 0.3) is 0 Å². The van der Waals surface area contributed by atoms with Crippen LogP contribution in [0.25, 0.3) is 5.57 Å². The summed E-state index contributed by atoms with van der Waals surface area (Å²) in [5.41, 5.74) is 0.367. The summed E-state index contributed by atoms with van der Waals surface area (Å²) < 4.78 is 22.3. The number of hydrogen-bond donors (Lipinski definition) is 0. The molecule has 0 heterocycles. The van der Waals surface area contributed by atoms with Crippen molar-refractivity contribution in [1.29, 1.82) is 0 Å². The Kier molecular flexibility index (Phi) is 4.51. The smallest absolute Gasteiger partial charge is 0.341 e. The Bertz CT molecular complexity index is 382. The summed E-state index contributed by atoms with van der Waals surface area (Å²) in [4.78, 5) is 11.4. The Hall–Kier alpha value is -1.84. The second kappa shape index (κ2) is 5.90. The van der Waals surface area contributed by atoms with Gasteiger partial charge in [0.15, 0.2) is 0 Å². The van der Waals surface area contributed by atoms with Crippen molar-refractivity contribution in [2.24, 2.45) is 0 Å². The van der Waals surface area contributed by atoms with Crippen LogP contribution in [0.3, 0.4) is 0 Å². The third kappa shape index (κ3) is 2.82. The maximum atomic E-state index is 12.6. The van der Waals surface area contributed by atoms with Gasteiger partial charge in [0.2, 0.25) is 0 Å². The van der Waals surface area contributed by atoms with E-state index in [1.807, 2.05) is 0 Å². The number of ether oxygens (including phenoxy) is 2. The fraction of sp³-hybridized carbons (Fsp3) is 0.250. The highest BCUT2D eigenvalue weighted by Gasteiger charge is 2.13. The van der Waals surface area contributed by atoms with Crippen molar-refractivity contribution in [2.45, 2.75) is 6.92 Å². The van der Waals surface area contributed by atoms with Crippen LogP contribution in [-0.4, -0.2) is 19.7 Å². The summed E-state index contributed by atoms with van der Waals surface area (Å²) in [6.07, 6.45) is 0.250. The molecule has 1 aromatic carbocycles. The summed E-state index contributed by atoms with van der Waals surface area (Å²) in [5, 5.41) is 0. The van der Waals surface area contributed by atoms with Crippen molar-refractivity contribution in [3.05, 3.63) is 36.2 Å². The maximum absolute atomic E-state index is 12.6. The number of carbonyl (C=O) groups is 1. The molecule has 0 amide bonds. The number of halogens is 1. The van der Waals surface area contributed by atoms with Crippen LogP contribution in [0.4, 0.5) is 4.39 Å². The Balaban J connectivity index is 2.92. The van der Waals surface area contributed by atoms with Crippen molar-refractivity contribution in [2.75, 3.05) is 13.7 Å². The van der Waals surface area contributed by atoms with Crippen LogP contribution < -0.4 is 4.74 Å². The third-order valence-electron chi connectivity index (χ3n) is 2.01. The first kappa shape index (κ1) is 12.2. The molecule has 0 aliphatic rings. The van der Waals surface area contributed by atoms with Gasteiger partial charge in [-0.2, -0.15) is 0 Å². The van der Waals surface area contributed by atoms with Crippen LogP contribution in [0, 0.1) is 0 Å². The molecule has 0 radical (unpaired) electrons. The highest BCUT2D eigenvalue weighted by atomic mass is 19.1. The quantitative estimate of drug-likeness (QED) is 0.582. The van der Waals surface area contributed by atoms with Crippen LogP contribution in [0.1, 0.15) is 12.5 Å². The number of carbonyl (C=O) groups excluding carboxylic acids is 1. The van der Waals surface area contributed by atoms with Gasteiger partial charge in [-0.3, -0.25) is 0 Å². The molecular formula is C12H13FO3. The third-order valence-corrected chi connectivity index (χ3v) is 2.01. The molecule has 16 heavy (non-hydrogen) atoms. The number of hydrogen-bond acceptors (Lipinski definition) is 3. The molecule has 0 aliphatic heterocycles. The average Bonchev–Trinajstić information content (AvgIpc) is 2.31. The molecule has 0 spiro atoms. The van der Waals surface area contributed by atoms with E-state index >= 15 is 0 Å². The first-order valence-corrected chi connectivity index (χ1v) is 4.84. The van der Waals surface area contributed by atoms with Gasteiger partial charge in [-0.15, -0.1) is 0 Å². The lowest BCUT2D eigenvalue weighted by Gasteiger charge is -2.06. The molecule has 4 heteroatoms. The summed E-state index contributed by atoms with van der Waals surface area (Å²) in [6, 6.07) is 6.50. The summed E-state index contributed by atoms with van der Waals surface area (Å²) >= 11 is 0. The Morgan fingerprint density at radius 2 is 2.00 bits per heavy atom. The molecular weight excluding hydrogens is 211 g/mol. The molecule has 0 N–H and O–H groups in total. The van der Waals surface area contributed by atoms with Crippen LogP contribution in [0.2, 0.25) is 0 Å². The van der Waals surface area contributed by atoms with Gasteiger partial charge in [-0.1, -0.05) is 12.1 Å². The molecule has 0 atom stereocenters. The predicted molar refractivity (Wildman–Crippen MR) is 58.7 cm³/mol. The fourth-order valence-electron chi connectivity index (χ4n) is 1.20. The zero-order valence-corrected chi connectivity index (χ0v) is 9.20. The topological polar surface area (TPSA) is 35.5 Å². The highest BCUT2D eigenvalue weighted by Crippen LogP contribution is 2.20. The van der Waals surface area contributed by atoms with Crippen molar-refractivity contribution >= 4 is 11.5 Å². The number of rotatable bonds is 4. The highest BCUT2D eigenvalue weighted by molar-refractivity contribution is 6.16. The lowest BCUT2D eigenvalue weighted by Crippen LogP contribution is -2.06. The van der Waals surface area contributed by atoms with E-state index in [1.165, 1.54) is 7.11 Å². The van der Waals surface area contributed by atoms with Gasteiger partial charge in [0, 0.05) is 0 Å². The molecule has 0 saturated heterocycles. The molecule has 0 saturated carbocycles. The summed E-state index contributed by atoms with van der Waals surface area (Å²) in [5.74, 6) is -0.0269. The zero-order chi connectivity index (χ0) is 12.0. The fourth-order valence-corrected chi connectivity index (χ4v) is 1.20. The molecule has 3 nitrogen and oxygen atoms in total. The van der Waals surface area contributed by atoms with Crippen molar-refractivity contribution < 1.29 is 18.7 Å². The minimum atomic E-state index is -0.671. The molecule has 1 aromatic rings. The van der Waals surface area contributed by atoms with E-state index in [0.717, 1.165) is 0 Å². The molecule has 86 valence electrons. The lowest BCUT2D eigenvalue weighted by molar-refractivity contribution is -0.136. The van der Waals surface area contributed by atoms with E-state index < -0.39 is 5.97 Å². The normalized spacial score (nSPS) is 11.1. The standard InChI is InChI=1S/C12H13FO3/c1-3-16-12(14)11(8-13)9-4-6-10(15-2)7-5-9/h4-8H,3H2,1-2H3/b11-8+. The van der Waals surface area contributed by atoms with Crippen molar-refractivity contribution in [3.63, 3.8) is 0 Å². The number of esters is 1. The Morgan fingerprint density at radius 3 is 2.44 bits per heavy atom. The molecule has 1 rings (SSSR count). The van der Waals surface area contributed by atoms with Gasteiger partial charge >= 0.3 is 5.97 Å². The van der Waals surface area contributed by atoms with E-state index in [1.54, 1.807) is 31.2 Å². The van der Waals surface area contributed by atoms with E-state index in [2.05, 4.69) is 0 Å². The zero-order valence-electron chi connectivity index (χ0n) is 9.20. The van der Waals surface area contributed by atoms with E-state index in [4.69, 9.17) is 9.47 Å². The van der Waals surface area contributed by atoms with Crippen LogP contribution in [0.5, 0.6) is 5.75 Å². The van der Waals surface area contributed by atoms with Gasteiger partial charge in [-0.25, -0.2) is 9.18 Å². The van der Waals surface area contributed by atoms with Gasteiger partial charge < -0.3 is 9.47 Å². The van der Waals surface area contributed by atoms with E-state index in [9.17, 15) is 9.18 Å². The molecule has 0 fully saturated rings. The van der Waals surface area contributed by atoms with E-state index in [-0.39, 0.29) is 18.5 Å². The lowest BCUT2D eigenvalue weighted by atomic mass is 10.1. The largest absolute Gasteiger partial charge is 0.497 e. The first-order chi connectivity index (χ1) is 7.72. The number of benzene rings is 1. The van der Waals surface area contributed by atoms with Crippen LogP contribution >= 0.6 is 0 Å². The van der Waals surface area contributed by atoms with Crippen molar-refractivity contribution in [3.8, 4) is 5.75 Å². The van der Waals surface area contributed by atoms with Gasteiger partial charge in [-0.05, 0) is 24.6 Å². The van der Waals surface area contributed by atoms with Gasteiger partial charge in [0.05, 0.1) is 19.3 Å². The monoisotopic (exact) mass is 224 g/mol. The van der Waals surface area contributed by atoms with Gasteiger partial charge in [0.1, 0.15) is 12.1 Å². The van der Waals surface area contributed by atoms with E-state index in [0.29, 0.717) is 11.3 Å². The Labute approximate surface area is 93.5 Å². The molecule has 0 bridgehead atoms. The van der Waals surface area contributed by atoms with Crippen LogP contribution in [-0.2, 0) is 9.53 Å². The second-order valence-electron chi connectivity index (χ2n) is 2.97. The summed E-state index contributed by atoms with van der Waals surface area (Å²) in [7, 11) is 1.53. The van der Waals surface area contributed by atoms with Crippen LogP contribution in [0.15, 0.2) is 30.6 Å². The second-order valence-corrected chi connectivity index (χ2v) is 2.97. The molecule has 0 aliphatic carbocycles. The Morgan fingerprint density at radius 1 is 1.38 bits per heavy atom. The minimum absolute atomic E-state index is 0.0931. The van der Waals surface area contributed by atoms with Crippen molar-refractivity contribution in [1.82, 2.24) is 0 Å². The summed E-state index contributed by atoms with van der Waals surface area (Å²) in [6.45, 7) is 1.88. The predicted octanol–water partition coefficient (Wildman–Crippen LogP) is 2.57. The molecule has 0 aromatic heterocycles. The average molecular weight is 224 g/mol. The SMILES string of the molecule is CCOC(=O)/C(=C/F)c1ccc(OC)cc1. The molecule has 0 unspecified atom stereocenters. The minimum Gasteiger partial charge on any atom is -0.497 e.